The van der Waals surface area contributed by atoms with Crippen LogP contribution >= 0.6 is 11.3 Å². The van der Waals surface area contributed by atoms with Gasteiger partial charge in [0.2, 0.25) is 0 Å². The predicted molar refractivity (Wildman–Crippen MR) is 117 cm³/mol. The zero-order valence-electron chi connectivity index (χ0n) is 17.8. The first-order valence-electron chi connectivity index (χ1n) is 10.0. The van der Waals surface area contributed by atoms with E-state index in [4.69, 9.17) is 0 Å². The highest BCUT2D eigenvalue weighted by Crippen LogP contribution is 2.29. The van der Waals surface area contributed by atoms with Crippen molar-refractivity contribution < 1.29 is 23.1 Å². The second-order valence-electron chi connectivity index (χ2n) is 8.22. The Kier molecular flexibility index (Phi) is 5.97. The number of nitrogens with zero attached hydrogens (tertiary/aromatic N) is 5. The number of nitrogens with one attached hydrogen (secondary N) is 1. The molecule has 2 N–H and O–H groups in total. The Bertz CT molecular complexity index is 1290. The molecule has 0 radical (unpaired) electrons. The summed E-state index contributed by atoms with van der Waals surface area (Å²) in [6, 6.07) is 1.52. The highest BCUT2D eigenvalue weighted by atomic mass is 32.1. The maximum absolute atomic E-state index is 12.3. The van der Waals surface area contributed by atoms with Crippen LogP contribution in [0.15, 0.2) is 42.4 Å². The van der Waals surface area contributed by atoms with Crippen molar-refractivity contribution in [2.45, 2.75) is 38.6 Å². The number of hydrogen-bond acceptors (Lipinski definition) is 6. The van der Waals surface area contributed by atoms with Gasteiger partial charge in [0.25, 0.3) is 5.91 Å². The first kappa shape index (κ1) is 22.9. The minimum absolute atomic E-state index is 0.170. The van der Waals surface area contributed by atoms with Crippen molar-refractivity contribution in [2.24, 2.45) is 0 Å². The molecule has 0 atom stereocenters. The molecule has 12 heteroatoms. The molecular formula is C21H21F3N6O2S. The molecule has 0 bridgehead atoms. The number of carbonyl (C=O) groups excluding carboxylic acids is 1. The van der Waals surface area contributed by atoms with Gasteiger partial charge in [0.15, 0.2) is 5.65 Å². The summed E-state index contributed by atoms with van der Waals surface area (Å²) in [4.78, 5) is 16.6. The number of hydrogen-bond donors (Lipinski definition) is 2. The van der Waals surface area contributed by atoms with E-state index in [2.05, 4.69) is 15.2 Å². The summed E-state index contributed by atoms with van der Waals surface area (Å²) in [6.45, 7) is 2.68. The van der Waals surface area contributed by atoms with E-state index in [1.54, 1.807) is 53.2 Å². The molecule has 0 fully saturated rings. The SMILES string of the molecule is CC(C)(O)CCn1cc(-c2cnc3c(-c4csc(C(=O)NCC(F)(F)F)c4)cnn3c2)cn1. The minimum Gasteiger partial charge on any atom is -0.390 e. The molecule has 1 amide bonds. The lowest BCUT2D eigenvalue weighted by atomic mass is 10.1. The molecule has 4 rings (SSSR count). The lowest BCUT2D eigenvalue weighted by molar-refractivity contribution is -0.123. The van der Waals surface area contributed by atoms with Crippen LogP contribution in [0, 0.1) is 0 Å². The van der Waals surface area contributed by atoms with Gasteiger partial charge in [-0.15, -0.1) is 11.3 Å². The first-order chi connectivity index (χ1) is 15.5. The number of thiophene rings is 1. The van der Waals surface area contributed by atoms with Gasteiger partial charge in [-0.2, -0.15) is 23.4 Å². The fraction of sp³-hybridized carbons (Fsp3) is 0.333. The molecule has 0 saturated heterocycles. The van der Waals surface area contributed by atoms with Crippen LogP contribution in [0.5, 0.6) is 0 Å². The molecule has 4 aromatic heterocycles. The normalized spacial score (nSPS) is 12.4. The van der Waals surface area contributed by atoms with E-state index in [0.717, 1.165) is 22.5 Å². The van der Waals surface area contributed by atoms with E-state index in [1.165, 1.54) is 6.07 Å². The van der Waals surface area contributed by atoms with Crippen molar-refractivity contribution in [3.63, 3.8) is 0 Å². The summed E-state index contributed by atoms with van der Waals surface area (Å²) < 4.78 is 40.3. The molecule has 0 aliphatic heterocycles. The second kappa shape index (κ2) is 8.60. The molecule has 8 nitrogen and oxygen atoms in total. The fourth-order valence-corrected chi connectivity index (χ4v) is 3.94. The van der Waals surface area contributed by atoms with Crippen LogP contribution in [0.2, 0.25) is 0 Å². The summed E-state index contributed by atoms with van der Waals surface area (Å²) in [7, 11) is 0. The zero-order valence-corrected chi connectivity index (χ0v) is 18.6. The third kappa shape index (κ3) is 5.57. The summed E-state index contributed by atoms with van der Waals surface area (Å²) >= 11 is 1.05. The van der Waals surface area contributed by atoms with Gasteiger partial charge in [0, 0.05) is 41.8 Å². The molecule has 0 aliphatic carbocycles. The number of carbonyl (C=O) groups is 1. The van der Waals surface area contributed by atoms with Crippen LogP contribution in [0.25, 0.3) is 27.9 Å². The molecule has 0 aromatic carbocycles. The van der Waals surface area contributed by atoms with E-state index >= 15 is 0 Å². The Balaban J connectivity index is 1.52. The van der Waals surface area contributed by atoms with Gasteiger partial charge in [0.1, 0.15) is 6.54 Å². The molecule has 0 unspecified atom stereocenters. The van der Waals surface area contributed by atoms with Gasteiger partial charge in [-0.3, -0.25) is 9.48 Å². The quantitative estimate of drug-likeness (QED) is 0.422. The molecule has 33 heavy (non-hydrogen) atoms. The summed E-state index contributed by atoms with van der Waals surface area (Å²) in [5.74, 6) is -0.781. The van der Waals surface area contributed by atoms with E-state index < -0.39 is 24.2 Å². The molecule has 4 heterocycles. The average Bonchev–Trinajstić information content (AvgIpc) is 3.47. The third-order valence-electron chi connectivity index (χ3n) is 4.86. The average molecular weight is 479 g/mol. The van der Waals surface area contributed by atoms with Crippen molar-refractivity contribution in [1.82, 2.24) is 29.7 Å². The number of rotatable bonds is 7. The van der Waals surface area contributed by atoms with E-state index in [9.17, 15) is 23.1 Å². The molecular weight excluding hydrogens is 457 g/mol. The number of fused-ring (bicyclic) bond motifs is 1. The Morgan fingerprint density at radius 2 is 1.88 bits per heavy atom. The summed E-state index contributed by atoms with van der Waals surface area (Å²) in [5.41, 5.74) is 2.72. The maximum atomic E-state index is 12.3. The first-order valence-corrected chi connectivity index (χ1v) is 10.9. The van der Waals surface area contributed by atoms with Crippen molar-refractivity contribution in [3.05, 3.63) is 47.3 Å². The smallest absolute Gasteiger partial charge is 0.390 e. The standard InChI is InChI=1S/C21H21F3N6O2S/c1-20(2,32)3-4-29-9-15(7-27-29)14-6-25-18-16(8-28-30(18)10-14)13-5-17(33-11-13)19(31)26-12-21(22,23)24/h5-11,32H,3-4,12H2,1-2H3,(H,26,31). The van der Waals surface area contributed by atoms with Crippen LogP contribution in [0.4, 0.5) is 13.2 Å². The number of aryl methyl sites for hydroxylation is 1. The summed E-state index contributed by atoms with van der Waals surface area (Å²) in [6.07, 6.45) is 4.74. The van der Waals surface area contributed by atoms with Crippen LogP contribution in [0.1, 0.15) is 29.9 Å². The van der Waals surface area contributed by atoms with Crippen LogP contribution in [0.3, 0.4) is 0 Å². The number of alkyl halides is 3. The van der Waals surface area contributed by atoms with Crippen LogP contribution < -0.4 is 5.32 Å². The van der Waals surface area contributed by atoms with E-state index in [-0.39, 0.29) is 4.88 Å². The van der Waals surface area contributed by atoms with Gasteiger partial charge >= 0.3 is 6.18 Å². The van der Waals surface area contributed by atoms with E-state index in [0.29, 0.717) is 29.7 Å². The zero-order chi connectivity index (χ0) is 23.8. The Labute approximate surface area is 190 Å². The van der Waals surface area contributed by atoms with Crippen molar-refractivity contribution in [3.8, 4) is 22.3 Å². The molecule has 4 aromatic rings. The monoisotopic (exact) mass is 478 g/mol. The topological polar surface area (TPSA) is 97.3 Å². The van der Waals surface area contributed by atoms with Crippen LogP contribution in [-0.4, -0.2) is 53.7 Å². The van der Waals surface area contributed by atoms with Gasteiger partial charge in [0.05, 0.1) is 22.9 Å². The maximum Gasteiger partial charge on any atom is 0.405 e. The molecule has 0 saturated carbocycles. The Morgan fingerprint density at radius 1 is 1.12 bits per heavy atom. The summed E-state index contributed by atoms with van der Waals surface area (Å²) in [5, 5.41) is 22.1. The number of aliphatic hydroxyl groups is 1. The van der Waals surface area contributed by atoms with E-state index in [1.807, 2.05) is 11.5 Å². The largest absolute Gasteiger partial charge is 0.405 e. The number of aromatic nitrogens is 5. The lowest BCUT2D eigenvalue weighted by Gasteiger charge is -2.16. The minimum atomic E-state index is -4.47. The number of amides is 1. The van der Waals surface area contributed by atoms with Gasteiger partial charge < -0.3 is 10.4 Å². The predicted octanol–water partition coefficient (Wildman–Crippen LogP) is 3.77. The number of halogens is 3. The van der Waals surface area contributed by atoms with Crippen molar-refractivity contribution in [1.29, 1.82) is 0 Å². The molecule has 174 valence electrons. The Morgan fingerprint density at radius 3 is 2.61 bits per heavy atom. The van der Waals surface area contributed by atoms with Gasteiger partial charge in [-0.05, 0) is 37.3 Å². The van der Waals surface area contributed by atoms with Crippen LogP contribution in [-0.2, 0) is 6.54 Å². The Hall–Kier alpha value is -3.25. The van der Waals surface area contributed by atoms with Crippen molar-refractivity contribution >= 4 is 22.9 Å². The molecule has 0 aliphatic rings. The highest BCUT2D eigenvalue weighted by Gasteiger charge is 2.28. The second-order valence-corrected chi connectivity index (χ2v) is 9.13. The lowest BCUT2D eigenvalue weighted by Crippen LogP contribution is -2.33. The fourth-order valence-electron chi connectivity index (χ4n) is 3.11. The van der Waals surface area contributed by atoms with Gasteiger partial charge in [-0.25, -0.2) is 9.50 Å². The van der Waals surface area contributed by atoms with Crippen molar-refractivity contribution in [2.75, 3.05) is 6.54 Å². The highest BCUT2D eigenvalue weighted by molar-refractivity contribution is 7.12. The third-order valence-corrected chi connectivity index (χ3v) is 5.79. The van der Waals surface area contributed by atoms with Gasteiger partial charge in [-0.1, -0.05) is 0 Å². The molecule has 0 spiro atoms.